The van der Waals surface area contributed by atoms with Gasteiger partial charge in [0.1, 0.15) is 10.6 Å². The van der Waals surface area contributed by atoms with Crippen LogP contribution in [0.5, 0.6) is 0 Å². The first-order valence-corrected chi connectivity index (χ1v) is 10.7. The molecular formula is C22H18N4O5S. The van der Waals surface area contributed by atoms with Crippen LogP contribution < -0.4 is 5.32 Å². The molecule has 0 aliphatic carbocycles. The van der Waals surface area contributed by atoms with Gasteiger partial charge in [-0.25, -0.2) is 4.98 Å². The van der Waals surface area contributed by atoms with Gasteiger partial charge < -0.3 is 5.32 Å². The van der Waals surface area contributed by atoms with Crippen LogP contribution in [0, 0.1) is 17.0 Å². The fourth-order valence-electron chi connectivity index (χ4n) is 3.49. The zero-order valence-corrected chi connectivity index (χ0v) is 17.8. The molecule has 9 nitrogen and oxygen atoms in total. The largest absolute Gasteiger partial charge is 0.350 e. The predicted molar refractivity (Wildman–Crippen MR) is 117 cm³/mol. The second-order valence-corrected chi connectivity index (χ2v) is 8.06. The van der Waals surface area contributed by atoms with E-state index in [0.29, 0.717) is 5.69 Å². The maximum absolute atomic E-state index is 12.5. The number of thiazole rings is 1. The molecule has 0 fully saturated rings. The highest BCUT2D eigenvalue weighted by Crippen LogP contribution is 2.31. The fourth-order valence-corrected chi connectivity index (χ4v) is 4.40. The van der Waals surface area contributed by atoms with Crippen LogP contribution in [0.3, 0.4) is 0 Å². The van der Waals surface area contributed by atoms with Gasteiger partial charge in [0.05, 0.1) is 22.7 Å². The highest BCUT2D eigenvalue weighted by Gasteiger charge is 2.40. The zero-order chi connectivity index (χ0) is 22.8. The number of aromatic nitrogens is 1. The molecule has 10 heteroatoms. The summed E-state index contributed by atoms with van der Waals surface area (Å²) in [6, 6.07) is 11.8. The predicted octanol–water partition coefficient (Wildman–Crippen LogP) is 3.33. The molecule has 2 heterocycles. The number of hydrogen-bond donors (Lipinski definition) is 1. The van der Waals surface area contributed by atoms with Crippen LogP contribution in [-0.2, 0) is 11.3 Å². The Bertz CT molecular complexity index is 1250. The molecule has 1 aliphatic rings. The van der Waals surface area contributed by atoms with Crippen molar-refractivity contribution < 1.29 is 19.3 Å². The van der Waals surface area contributed by atoms with Crippen molar-refractivity contribution in [2.75, 3.05) is 6.54 Å². The summed E-state index contributed by atoms with van der Waals surface area (Å²) in [5.41, 5.74) is 2.19. The molecule has 3 amide bonds. The molecule has 1 aliphatic heterocycles. The SMILES string of the molecule is Cc1ccccc1-c1nc(CNC(=O)CCN2C(=O)c3cccc([N+](=O)[O-])c3C2=O)cs1. The van der Waals surface area contributed by atoms with Crippen LogP contribution in [0.1, 0.15) is 38.4 Å². The van der Waals surface area contributed by atoms with Crippen molar-refractivity contribution in [3.63, 3.8) is 0 Å². The molecule has 0 radical (unpaired) electrons. The van der Waals surface area contributed by atoms with Gasteiger partial charge in [-0.1, -0.05) is 30.3 Å². The van der Waals surface area contributed by atoms with E-state index in [1.54, 1.807) is 0 Å². The lowest BCUT2D eigenvalue weighted by atomic mass is 10.1. The summed E-state index contributed by atoms with van der Waals surface area (Å²) in [5.74, 6) is -1.75. The summed E-state index contributed by atoms with van der Waals surface area (Å²) in [7, 11) is 0. The Balaban J connectivity index is 1.35. The Morgan fingerprint density at radius 1 is 1.12 bits per heavy atom. The number of hydrogen-bond acceptors (Lipinski definition) is 7. The summed E-state index contributed by atoms with van der Waals surface area (Å²) in [4.78, 5) is 53.2. The number of amides is 3. The molecule has 1 N–H and O–H groups in total. The number of nitrogens with one attached hydrogen (secondary N) is 1. The Kier molecular flexibility index (Phi) is 5.78. The molecule has 32 heavy (non-hydrogen) atoms. The van der Waals surface area contributed by atoms with E-state index in [2.05, 4.69) is 10.3 Å². The lowest BCUT2D eigenvalue weighted by Crippen LogP contribution is -2.34. The quantitative estimate of drug-likeness (QED) is 0.335. The van der Waals surface area contributed by atoms with Gasteiger partial charge in [0.2, 0.25) is 5.91 Å². The molecule has 3 aromatic rings. The van der Waals surface area contributed by atoms with E-state index in [4.69, 9.17) is 0 Å². The van der Waals surface area contributed by atoms with Crippen LogP contribution >= 0.6 is 11.3 Å². The number of fused-ring (bicyclic) bond motifs is 1. The number of aryl methyl sites for hydroxylation is 1. The third kappa shape index (κ3) is 4.00. The van der Waals surface area contributed by atoms with Gasteiger partial charge in [0.25, 0.3) is 17.5 Å². The monoisotopic (exact) mass is 450 g/mol. The zero-order valence-electron chi connectivity index (χ0n) is 17.0. The average Bonchev–Trinajstić information content (AvgIpc) is 3.34. The van der Waals surface area contributed by atoms with Gasteiger partial charge in [0, 0.05) is 30.0 Å². The molecule has 2 aromatic carbocycles. The summed E-state index contributed by atoms with van der Waals surface area (Å²) >= 11 is 1.48. The molecule has 162 valence electrons. The van der Waals surface area contributed by atoms with Gasteiger partial charge in [-0.2, -0.15) is 0 Å². The maximum Gasteiger partial charge on any atom is 0.282 e. The Labute approximate surface area is 186 Å². The van der Waals surface area contributed by atoms with Crippen molar-refractivity contribution >= 4 is 34.7 Å². The van der Waals surface area contributed by atoms with Gasteiger partial charge in [-0.15, -0.1) is 11.3 Å². The minimum absolute atomic E-state index is 0.0178. The van der Waals surface area contributed by atoms with Gasteiger partial charge in [-0.05, 0) is 18.6 Å². The van der Waals surface area contributed by atoms with Gasteiger partial charge in [-0.3, -0.25) is 29.4 Å². The second-order valence-electron chi connectivity index (χ2n) is 7.20. The van der Waals surface area contributed by atoms with Crippen molar-refractivity contribution in [3.05, 3.63) is 80.3 Å². The highest BCUT2D eigenvalue weighted by atomic mass is 32.1. The topological polar surface area (TPSA) is 123 Å². The van der Waals surface area contributed by atoms with Crippen LogP contribution in [0.15, 0.2) is 47.8 Å². The molecule has 0 bridgehead atoms. The van der Waals surface area contributed by atoms with Crippen LogP contribution in [0.4, 0.5) is 5.69 Å². The molecule has 0 unspecified atom stereocenters. The molecular weight excluding hydrogens is 432 g/mol. The Morgan fingerprint density at radius 2 is 1.88 bits per heavy atom. The molecule has 0 atom stereocenters. The molecule has 0 spiro atoms. The first-order chi connectivity index (χ1) is 15.4. The Morgan fingerprint density at radius 3 is 2.62 bits per heavy atom. The third-order valence-electron chi connectivity index (χ3n) is 5.13. The van der Waals surface area contributed by atoms with Gasteiger partial charge in [0.15, 0.2) is 0 Å². The average molecular weight is 450 g/mol. The lowest BCUT2D eigenvalue weighted by molar-refractivity contribution is -0.385. The molecule has 0 saturated carbocycles. The first-order valence-electron chi connectivity index (χ1n) is 9.77. The van der Waals surface area contributed by atoms with E-state index in [1.807, 2.05) is 36.6 Å². The Hall–Kier alpha value is -3.92. The summed E-state index contributed by atoms with van der Waals surface area (Å²) < 4.78 is 0. The normalized spacial score (nSPS) is 12.7. The van der Waals surface area contributed by atoms with E-state index in [1.165, 1.54) is 29.5 Å². The number of nitro benzene ring substituents is 1. The molecule has 1 aromatic heterocycles. The number of rotatable bonds is 7. The minimum Gasteiger partial charge on any atom is -0.350 e. The fraction of sp³-hybridized carbons (Fsp3) is 0.182. The van der Waals surface area contributed by atoms with Gasteiger partial charge >= 0.3 is 0 Å². The number of carbonyl (C=O) groups excluding carboxylic acids is 3. The van der Waals surface area contributed by atoms with Crippen molar-refractivity contribution in [1.29, 1.82) is 0 Å². The van der Waals surface area contributed by atoms with E-state index in [9.17, 15) is 24.5 Å². The molecule has 4 rings (SSSR count). The number of carbonyl (C=O) groups is 3. The number of imide groups is 1. The van der Waals surface area contributed by atoms with Crippen molar-refractivity contribution in [2.24, 2.45) is 0 Å². The highest BCUT2D eigenvalue weighted by molar-refractivity contribution is 7.13. The summed E-state index contributed by atoms with van der Waals surface area (Å²) in [5, 5.41) is 16.6. The van der Waals surface area contributed by atoms with Crippen LogP contribution in [-0.4, -0.2) is 39.1 Å². The van der Waals surface area contributed by atoms with E-state index >= 15 is 0 Å². The van der Waals surface area contributed by atoms with Crippen molar-refractivity contribution in [1.82, 2.24) is 15.2 Å². The minimum atomic E-state index is -0.757. The van der Waals surface area contributed by atoms with E-state index < -0.39 is 22.4 Å². The third-order valence-corrected chi connectivity index (χ3v) is 6.05. The number of benzene rings is 2. The molecule has 0 saturated heterocycles. The lowest BCUT2D eigenvalue weighted by Gasteiger charge is -2.13. The number of nitro groups is 1. The first kappa shape index (κ1) is 21.3. The number of nitrogens with zero attached hydrogens (tertiary/aromatic N) is 3. The smallest absolute Gasteiger partial charge is 0.282 e. The van der Waals surface area contributed by atoms with E-state index in [0.717, 1.165) is 21.0 Å². The standard InChI is InChI=1S/C22H18N4O5S/c1-13-5-2-3-6-15(13)20-24-14(12-32-20)11-23-18(27)9-10-25-21(28)16-7-4-8-17(26(30)31)19(16)22(25)29/h2-8,12H,9-11H2,1H3,(H,23,27). The summed E-state index contributed by atoms with van der Waals surface area (Å²) in [6.45, 7) is 2.06. The van der Waals surface area contributed by atoms with Crippen molar-refractivity contribution in [3.8, 4) is 10.6 Å². The van der Waals surface area contributed by atoms with Crippen LogP contribution in [0.2, 0.25) is 0 Å². The van der Waals surface area contributed by atoms with Crippen molar-refractivity contribution in [2.45, 2.75) is 19.9 Å². The van der Waals surface area contributed by atoms with E-state index in [-0.39, 0.29) is 36.5 Å². The maximum atomic E-state index is 12.5. The summed E-state index contributed by atoms with van der Waals surface area (Å²) in [6.07, 6.45) is -0.117. The van der Waals surface area contributed by atoms with Crippen LogP contribution in [0.25, 0.3) is 10.6 Å². The second kappa shape index (κ2) is 8.67.